The van der Waals surface area contributed by atoms with Crippen LogP contribution in [0.5, 0.6) is 0 Å². The lowest BCUT2D eigenvalue weighted by atomic mass is 9.85. The molecule has 4 nitrogen and oxygen atoms in total. The van der Waals surface area contributed by atoms with Gasteiger partial charge in [-0.1, -0.05) is 32.0 Å². The van der Waals surface area contributed by atoms with E-state index in [2.05, 4.69) is 0 Å². The van der Waals surface area contributed by atoms with Gasteiger partial charge >= 0.3 is 12.1 Å². The van der Waals surface area contributed by atoms with E-state index < -0.39 is 29.5 Å². The largest absolute Gasteiger partial charge is 0.481 e. The summed E-state index contributed by atoms with van der Waals surface area (Å²) in [6, 6.07) is 4.86. The van der Waals surface area contributed by atoms with Gasteiger partial charge in [-0.05, 0) is 30.4 Å². The first-order chi connectivity index (χ1) is 11.6. The zero-order valence-corrected chi connectivity index (χ0v) is 14.2. The Kier molecular flexibility index (Phi) is 5.75. The average molecular weight is 357 g/mol. The summed E-state index contributed by atoms with van der Waals surface area (Å²) in [5, 5.41) is 9.16. The number of carbonyl (C=O) groups is 2. The van der Waals surface area contributed by atoms with Crippen molar-refractivity contribution < 1.29 is 27.9 Å². The molecule has 1 aliphatic heterocycles. The number of amides is 1. The van der Waals surface area contributed by atoms with Crippen molar-refractivity contribution in [3.05, 3.63) is 35.4 Å². The third-order valence-electron chi connectivity index (χ3n) is 4.86. The smallest absolute Gasteiger partial charge is 0.416 e. The van der Waals surface area contributed by atoms with Crippen LogP contribution in [0.4, 0.5) is 13.2 Å². The van der Waals surface area contributed by atoms with Crippen molar-refractivity contribution in [2.24, 2.45) is 11.8 Å². The quantitative estimate of drug-likeness (QED) is 0.892. The van der Waals surface area contributed by atoms with Crippen LogP contribution < -0.4 is 0 Å². The Labute approximate surface area is 144 Å². The number of alkyl halides is 3. The maximum Gasteiger partial charge on any atom is 0.416 e. The summed E-state index contributed by atoms with van der Waals surface area (Å²) in [6.45, 7) is 4.17. The van der Waals surface area contributed by atoms with E-state index in [1.807, 2.05) is 0 Å². The van der Waals surface area contributed by atoms with Crippen molar-refractivity contribution in [2.75, 3.05) is 13.1 Å². The summed E-state index contributed by atoms with van der Waals surface area (Å²) in [5.74, 6) is -2.44. The summed E-state index contributed by atoms with van der Waals surface area (Å²) in [6.07, 6.45) is -3.71. The lowest BCUT2D eigenvalue weighted by Crippen LogP contribution is -2.46. The van der Waals surface area contributed by atoms with Gasteiger partial charge in [-0.2, -0.15) is 13.2 Å². The summed E-state index contributed by atoms with van der Waals surface area (Å²) in [5.41, 5.74) is -0.426. The summed E-state index contributed by atoms with van der Waals surface area (Å²) < 4.78 is 38.7. The number of aliphatic carboxylic acids is 1. The Balaban J connectivity index is 2.18. The predicted molar refractivity (Wildman–Crippen MR) is 86.0 cm³/mol. The number of hydrogen-bond acceptors (Lipinski definition) is 2. The number of nitrogens with zero attached hydrogens (tertiary/aromatic N) is 1. The second kappa shape index (κ2) is 7.45. The van der Waals surface area contributed by atoms with Gasteiger partial charge in [0.05, 0.1) is 17.4 Å². The molecule has 25 heavy (non-hydrogen) atoms. The fourth-order valence-corrected chi connectivity index (χ4v) is 3.42. The van der Waals surface area contributed by atoms with Gasteiger partial charge in [-0.15, -0.1) is 0 Å². The number of carboxylic acids is 1. The number of benzene rings is 1. The number of carbonyl (C=O) groups excluding carboxylic acids is 1. The molecule has 0 aromatic heterocycles. The predicted octanol–water partition coefficient (Wildman–Crippen LogP) is 3.77. The van der Waals surface area contributed by atoms with E-state index in [0.29, 0.717) is 31.5 Å². The average Bonchev–Trinajstić information content (AvgIpc) is 2.54. The molecule has 3 unspecified atom stereocenters. The molecule has 3 atom stereocenters. The highest BCUT2D eigenvalue weighted by Crippen LogP contribution is 2.33. The first kappa shape index (κ1) is 19.3. The van der Waals surface area contributed by atoms with Crippen LogP contribution in [0.25, 0.3) is 0 Å². The van der Waals surface area contributed by atoms with Crippen molar-refractivity contribution in [3.63, 3.8) is 0 Å². The summed E-state index contributed by atoms with van der Waals surface area (Å²) >= 11 is 0. The highest BCUT2D eigenvalue weighted by Gasteiger charge is 2.36. The van der Waals surface area contributed by atoms with E-state index in [1.54, 1.807) is 18.7 Å². The lowest BCUT2D eigenvalue weighted by Gasteiger charge is -2.36. The monoisotopic (exact) mass is 357 g/mol. The van der Waals surface area contributed by atoms with E-state index >= 15 is 0 Å². The number of carboxylic acid groups (broad SMARTS) is 1. The van der Waals surface area contributed by atoms with Crippen molar-refractivity contribution in [1.29, 1.82) is 0 Å². The molecular formula is C18H22F3NO3. The molecule has 1 saturated heterocycles. The maximum absolute atomic E-state index is 12.9. The molecule has 1 amide bonds. The fraction of sp³-hybridized carbons (Fsp3) is 0.556. The Morgan fingerprint density at radius 3 is 2.56 bits per heavy atom. The molecular weight excluding hydrogens is 335 g/mol. The van der Waals surface area contributed by atoms with E-state index in [9.17, 15) is 22.8 Å². The topological polar surface area (TPSA) is 57.6 Å². The molecule has 1 aromatic carbocycles. The van der Waals surface area contributed by atoms with Crippen LogP contribution in [0.3, 0.4) is 0 Å². The first-order valence-electron chi connectivity index (χ1n) is 8.33. The fourth-order valence-electron chi connectivity index (χ4n) is 3.42. The summed E-state index contributed by atoms with van der Waals surface area (Å²) in [7, 11) is 0. The molecule has 0 bridgehead atoms. The van der Waals surface area contributed by atoms with Crippen LogP contribution in [-0.4, -0.2) is 35.0 Å². The van der Waals surface area contributed by atoms with Crippen LogP contribution in [-0.2, 0) is 15.8 Å². The minimum atomic E-state index is -4.45. The van der Waals surface area contributed by atoms with E-state index in [-0.39, 0.29) is 11.8 Å². The number of likely N-dealkylation sites (tertiary alicyclic amines) is 1. The van der Waals surface area contributed by atoms with Gasteiger partial charge in [0.25, 0.3) is 0 Å². The lowest BCUT2D eigenvalue weighted by molar-refractivity contribution is -0.148. The highest BCUT2D eigenvalue weighted by molar-refractivity contribution is 5.84. The molecule has 1 fully saturated rings. The van der Waals surface area contributed by atoms with Gasteiger partial charge in [0, 0.05) is 13.1 Å². The van der Waals surface area contributed by atoms with Crippen molar-refractivity contribution >= 4 is 11.9 Å². The standard InChI is InChI=1S/C18H22F3NO3/c1-3-14(12-5-4-6-13(9-12)18(19,20)21)16(23)22-8-7-15(17(24)25)11(2)10-22/h4-6,9,11,14-15H,3,7-8,10H2,1-2H3,(H,24,25). The summed E-state index contributed by atoms with van der Waals surface area (Å²) in [4.78, 5) is 25.6. The molecule has 1 aromatic rings. The second-order valence-corrected chi connectivity index (χ2v) is 6.58. The second-order valence-electron chi connectivity index (χ2n) is 6.58. The van der Waals surface area contributed by atoms with Crippen molar-refractivity contribution in [3.8, 4) is 0 Å². The molecule has 138 valence electrons. The molecule has 2 rings (SSSR count). The zero-order valence-electron chi connectivity index (χ0n) is 14.2. The zero-order chi connectivity index (χ0) is 18.8. The number of piperidine rings is 1. The minimum absolute atomic E-state index is 0.186. The molecule has 0 radical (unpaired) electrons. The van der Waals surface area contributed by atoms with Crippen molar-refractivity contribution in [2.45, 2.75) is 38.8 Å². The van der Waals surface area contributed by atoms with Gasteiger partial charge in [-0.25, -0.2) is 0 Å². The van der Waals surface area contributed by atoms with Crippen LogP contribution >= 0.6 is 0 Å². The van der Waals surface area contributed by atoms with Gasteiger partial charge < -0.3 is 10.0 Å². The Morgan fingerprint density at radius 2 is 2.04 bits per heavy atom. The van der Waals surface area contributed by atoms with Crippen LogP contribution in [0, 0.1) is 11.8 Å². The molecule has 0 saturated carbocycles. The Morgan fingerprint density at radius 1 is 1.36 bits per heavy atom. The number of halogens is 3. The SMILES string of the molecule is CCC(C(=O)N1CCC(C(=O)O)C(C)C1)c1cccc(C(F)(F)F)c1. The third-order valence-corrected chi connectivity index (χ3v) is 4.86. The number of rotatable bonds is 4. The van der Waals surface area contributed by atoms with Gasteiger partial charge in [0.1, 0.15) is 0 Å². The van der Waals surface area contributed by atoms with Crippen LogP contribution in [0.1, 0.15) is 43.7 Å². The molecule has 0 aliphatic carbocycles. The normalized spacial score (nSPS) is 22.5. The van der Waals surface area contributed by atoms with E-state index in [0.717, 1.165) is 12.1 Å². The minimum Gasteiger partial charge on any atom is -0.481 e. The van der Waals surface area contributed by atoms with Crippen molar-refractivity contribution in [1.82, 2.24) is 4.90 Å². The Bertz CT molecular complexity index is 645. The first-order valence-corrected chi connectivity index (χ1v) is 8.33. The molecule has 1 heterocycles. The highest BCUT2D eigenvalue weighted by atomic mass is 19.4. The van der Waals surface area contributed by atoms with E-state index in [4.69, 9.17) is 5.11 Å². The number of hydrogen-bond donors (Lipinski definition) is 1. The van der Waals surface area contributed by atoms with Gasteiger partial charge in [0.15, 0.2) is 0 Å². The van der Waals surface area contributed by atoms with Crippen LogP contribution in [0.2, 0.25) is 0 Å². The van der Waals surface area contributed by atoms with Crippen LogP contribution in [0.15, 0.2) is 24.3 Å². The van der Waals surface area contributed by atoms with Gasteiger partial charge in [-0.3, -0.25) is 9.59 Å². The molecule has 0 spiro atoms. The molecule has 7 heteroatoms. The molecule has 1 N–H and O–H groups in total. The molecule has 1 aliphatic rings. The van der Waals surface area contributed by atoms with Gasteiger partial charge in [0.2, 0.25) is 5.91 Å². The third kappa shape index (κ3) is 4.32. The maximum atomic E-state index is 12.9. The Hall–Kier alpha value is -2.05. The van der Waals surface area contributed by atoms with E-state index in [1.165, 1.54) is 12.1 Å².